The second-order valence-electron chi connectivity index (χ2n) is 4.14. The highest BCUT2D eigenvalue weighted by Crippen LogP contribution is 2.24. The van der Waals surface area contributed by atoms with E-state index < -0.39 is 0 Å². The van der Waals surface area contributed by atoms with Gasteiger partial charge in [0.2, 0.25) is 5.88 Å². The second-order valence-corrected chi connectivity index (χ2v) is 4.99. The SMILES string of the molecule is COc1nc(OC2CNCCC2C)ncc1Br. The van der Waals surface area contributed by atoms with E-state index in [1.165, 1.54) is 0 Å². The highest BCUT2D eigenvalue weighted by Gasteiger charge is 2.23. The number of hydrogen-bond donors (Lipinski definition) is 1. The zero-order chi connectivity index (χ0) is 12.3. The van der Waals surface area contributed by atoms with E-state index in [-0.39, 0.29) is 6.10 Å². The predicted molar refractivity (Wildman–Crippen MR) is 67.4 cm³/mol. The molecule has 2 heterocycles. The van der Waals surface area contributed by atoms with Crippen molar-refractivity contribution in [2.75, 3.05) is 20.2 Å². The maximum absolute atomic E-state index is 5.78. The van der Waals surface area contributed by atoms with Crippen LogP contribution in [0.4, 0.5) is 0 Å². The van der Waals surface area contributed by atoms with Crippen LogP contribution in [0.1, 0.15) is 13.3 Å². The third-order valence-corrected chi connectivity index (χ3v) is 3.44. The van der Waals surface area contributed by atoms with Crippen molar-refractivity contribution in [3.8, 4) is 11.9 Å². The average Bonchev–Trinajstić information content (AvgIpc) is 2.34. The zero-order valence-electron chi connectivity index (χ0n) is 9.94. The molecule has 17 heavy (non-hydrogen) atoms. The van der Waals surface area contributed by atoms with Crippen molar-refractivity contribution in [1.82, 2.24) is 15.3 Å². The summed E-state index contributed by atoms with van der Waals surface area (Å²) < 4.78 is 11.6. The van der Waals surface area contributed by atoms with Crippen molar-refractivity contribution in [3.63, 3.8) is 0 Å². The van der Waals surface area contributed by atoms with Crippen LogP contribution in [0.15, 0.2) is 10.7 Å². The molecule has 1 aliphatic rings. The van der Waals surface area contributed by atoms with Gasteiger partial charge in [0.15, 0.2) is 0 Å². The van der Waals surface area contributed by atoms with Gasteiger partial charge in [0, 0.05) is 6.54 Å². The Morgan fingerprint density at radius 2 is 2.35 bits per heavy atom. The van der Waals surface area contributed by atoms with Gasteiger partial charge in [0.1, 0.15) is 6.10 Å². The van der Waals surface area contributed by atoms with E-state index in [4.69, 9.17) is 9.47 Å². The third kappa shape index (κ3) is 3.07. The molecule has 0 aliphatic carbocycles. The summed E-state index contributed by atoms with van der Waals surface area (Å²) in [5.74, 6) is 1.00. The van der Waals surface area contributed by atoms with E-state index in [1.807, 2.05) is 0 Å². The van der Waals surface area contributed by atoms with Gasteiger partial charge >= 0.3 is 6.01 Å². The number of ether oxygens (including phenoxy) is 2. The quantitative estimate of drug-likeness (QED) is 0.919. The van der Waals surface area contributed by atoms with Crippen LogP contribution in [0.3, 0.4) is 0 Å². The molecule has 0 bridgehead atoms. The minimum Gasteiger partial charge on any atom is -0.480 e. The first-order chi connectivity index (χ1) is 8.20. The summed E-state index contributed by atoms with van der Waals surface area (Å²) in [5.41, 5.74) is 0. The Kier molecular flexibility index (Phi) is 4.17. The lowest BCUT2D eigenvalue weighted by Gasteiger charge is -2.29. The molecule has 0 radical (unpaired) electrons. The fourth-order valence-electron chi connectivity index (χ4n) is 1.79. The standard InChI is InChI=1S/C11H16BrN3O2/c1-7-3-4-13-6-9(7)17-11-14-5-8(12)10(15-11)16-2/h5,7,9,13H,3-4,6H2,1-2H3. The summed E-state index contributed by atoms with van der Waals surface area (Å²) in [5, 5.41) is 3.30. The molecule has 0 amide bonds. The average molecular weight is 302 g/mol. The molecule has 2 unspecified atom stereocenters. The number of halogens is 1. The molecule has 2 atom stereocenters. The Bertz CT molecular complexity index is 389. The predicted octanol–water partition coefficient (Wildman–Crippen LogP) is 1.62. The Morgan fingerprint density at radius 3 is 3.06 bits per heavy atom. The Hall–Kier alpha value is -0.880. The van der Waals surface area contributed by atoms with Crippen molar-refractivity contribution < 1.29 is 9.47 Å². The topological polar surface area (TPSA) is 56.3 Å². The largest absolute Gasteiger partial charge is 0.480 e. The van der Waals surface area contributed by atoms with E-state index in [1.54, 1.807) is 13.3 Å². The van der Waals surface area contributed by atoms with E-state index in [2.05, 4.69) is 38.1 Å². The van der Waals surface area contributed by atoms with Gasteiger partial charge in [0.05, 0.1) is 17.8 Å². The summed E-state index contributed by atoms with van der Waals surface area (Å²) in [4.78, 5) is 8.32. The van der Waals surface area contributed by atoms with Gasteiger partial charge in [-0.25, -0.2) is 4.98 Å². The van der Waals surface area contributed by atoms with Crippen molar-refractivity contribution in [3.05, 3.63) is 10.7 Å². The molecule has 1 aromatic heterocycles. The zero-order valence-corrected chi connectivity index (χ0v) is 11.5. The number of nitrogens with one attached hydrogen (secondary N) is 1. The number of nitrogens with zero attached hydrogens (tertiary/aromatic N) is 2. The number of methoxy groups -OCH3 is 1. The van der Waals surface area contributed by atoms with Gasteiger partial charge in [0.25, 0.3) is 0 Å². The summed E-state index contributed by atoms with van der Waals surface area (Å²) in [6.45, 7) is 4.07. The molecular weight excluding hydrogens is 286 g/mol. The van der Waals surface area contributed by atoms with Crippen LogP contribution in [0.5, 0.6) is 11.9 Å². The minimum atomic E-state index is 0.120. The fourth-order valence-corrected chi connectivity index (χ4v) is 2.14. The summed E-state index contributed by atoms with van der Waals surface area (Å²) in [7, 11) is 1.57. The summed E-state index contributed by atoms with van der Waals surface area (Å²) in [6, 6.07) is 0.366. The van der Waals surface area contributed by atoms with E-state index in [0.717, 1.165) is 24.0 Å². The molecule has 5 nitrogen and oxygen atoms in total. The maximum Gasteiger partial charge on any atom is 0.320 e. The van der Waals surface area contributed by atoms with Crippen molar-refractivity contribution in [2.24, 2.45) is 5.92 Å². The first-order valence-corrected chi connectivity index (χ1v) is 6.44. The lowest BCUT2D eigenvalue weighted by molar-refractivity contribution is 0.103. The lowest BCUT2D eigenvalue weighted by Crippen LogP contribution is -2.43. The Balaban J connectivity index is 2.07. The van der Waals surface area contributed by atoms with Crippen LogP contribution < -0.4 is 14.8 Å². The van der Waals surface area contributed by atoms with Crippen LogP contribution in [0.25, 0.3) is 0 Å². The summed E-state index contributed by atoms with van der Waals surface area (Å²) >= 11 is 3.31. The van der Waals surface area contributed by atoms with Crippen LogP contribution in [-0.4, -0.2) is 36.3 Å². The lowest BCUT2D eigenvalue weighted by atomic mass is 9.97. The van der Waals surface area contributed by atoms with Gasteiger partial charge in [-0.1, -0.05) is 6.92 Å². The number of rotatable bonds is 3. The van der Waals surface area contributed by atoms with Crippen LogP contribution >= 0.6 is 15.9 Å². The van der Waals surface area contributed by atoms with Gasteiger partial charge in [-0.2, -0.15) is 4.98 Å². The second kappa shape index (κ2) is 5.64. The first-order valence-electron chi connectivity index (χ1n) is 5.64. The third-order valence-electron chi connectivity index (χ3n) is 2.90. The number of aromatic nitrogens is 2. The molecular formula is C11H16BrN3O2. The monoisotopic (exact) mass is 301 g/mol. The molecule has 1 fully saturated rings. The molecule has 1 N–H and O–H groups in total. The van der Waals surface area contributed by atoms with Crippen LogP contribution in [0, 0.1) is 5.92 Å². The molecule has 1 aromatic rings. The molecule has 1 saturated heterocycles. The maximum atomic E-state index is 5.78. The van der Waals surface area contributed by atoms with Gasteiger partial charge in [-0.05, 0) is 34.8 Å². The highest BCUT2D eigenvalue weighted by atomic mass is 79.9. The molecule has 6 heteroatoms. The van der Waals surface area contributed by atoms with E-state index >= 15 is 0 Å². The van der Waals surface area contributed by atoms with Crippen molar-refractivity contribution >= 4 is 15.9 Å². The molecule has 2 rings (SSSR count). The van der Waals surface area contributed by atoms with E-state index in [9.17, 15) is 0 Å². The van der Waals surface area contributed by atoms with E-state index in [0.29, 0.717) is 17.8 Å². The number of piperidine rings is 1. The molecule has 0 spiro atoms. The molecule has 94 valence electrons. The Labute approximate surface area is 109 Å². The normalized spacial score (nSPS) is 24.4. The van der Waals surface area contributed by atoms with Crippen LogP contribution in [0.2, 0.25) is 0 Å². The fraction of sp³-hybridized carbons (Fsp3) is 0.636. The van der Waals surface area contributed by atoms with Crippen molar-refractivity contribution in [2.45, 2.75) is 19.4 Å². The molecule has 0 aromatic carbocycles. The van der Waals surface area contributed by atoms with Crippen LogP contribution in [-0.2, 0) is 0 Å². The Morgan fingerprint density at radius 1 is 1.53 bits per heavy atom. The minimum absolute atomic E-state index is 0.120. The molecule has 1 aliphatic heterocycles. The molecule has 0 saturated carbocycles. The number of hydrogen-bond acceptors (Lipinski definition) is 5. The van der Waals surface area contributed by atoms with Crippen molar-refractivity contribution in [1.29, 1.82) is 0 Å². The van der Waals surface area contributed by atoms with Gasteiger partial charge in [-0.15, -0.1) is 0 Å². The smallest absolute Gasteiger partial charge is 0.320 e. The highest BCUT2D eigenvalue weighted by molar-refractivity contribution is 9.10. The summed E-state index contributed by atoms with van der Waals surface area (Å²) in [6.07, 6.45) is 2.87. The first kappa shape index (κ1) is 12.6. The van der Waals surface area contributed by atoms with Gasteiger partial charge in [-0.3, -0.25) is 0 Å². The van der Waals surface area contributed by atoms with Gasteiger partial charge < -0.3 is 14.8 Å².